The van der Waals surface area contributed by atoms with Crippen molar-refractivity contribution in [3.63, 3.8) is 0 Å². The van der Waals surface area contributed by atoms with Gasteiger partial charge in [-0.25, -0.2) is 4.79 Å². The van der Waals surface area contributed by atoms with Crippen LogP contribution in [-0.2, 0) is 32.2 Å². The molecule has 1 atom stereocenters. The summed E-state index contributed by atoms with van der Waals surface area (Å²) in [5, 5.41) is 6.16. The van der Waals surface area contributed by atoms with Crippen LogP contribution in [0.3, 0.4) is 0 Å². The third-order valence-corrected chi connectivity index (χ3v) is 4.37. The van der Waals surface area contributed by atoms with Crippen LogP contribution in [0.25, 0.3) is 0 Å². The van der Waals surface area contributed by atoms with E-state index < -0.39 is 6.09 Å². The van der Waals surface area contributed by atoms with Gasteiger partial charge in [0.25, 0.3) is 0 Å². The minimum atomic E-state index is -0.481. The second-order valence-electron chi connectivity index (χ2n) is 6.90. The summed E-state index contributed by atoms with van der Waals surface area (Å²) in [7, 11) is 0. The van der Waals surface area contributed by atoms with Gasteiger partial charge in [0, 0.05) is 26.3 Å². The van der Waals surface area contributed by atoms with Crippen molar-refractivity contribution in [1.29, 1.82) is 0 Å². The van der Waals surface area contributed by atoms with Gasteiger partial charge < -0.3 is 29.6 Å². The van der Waals surface area contributed by atoms with Gasteiger partial charge in [-0.05, 0) is 25.0 Å². The Morgan fingerprint density at radius 1 is 0.839 bits per heavy atom. The molecule has 0 heterocycles. The van der Waals surface area contributed by atoms with Gasteiger partial charge in [-0.3, -0.25) is 0 Å². The fourth-order valence-corrected chi connectivity index (χ4v) is 2.89. The third-order valence-electron chi connectivity index (χ3n) is 4.37. The zero-order chi connectivity index (χ0) is 22.2. The summed E-state index contributed by atoms with van der Waals surface area (Å²) in [6.45, 7) is 7.03. The zero-order valence-electron chi connectivity index (χ0n) is 18.4. The number of carbonyl (C=O) groups is 1. The molecule has 7 heteroatoms. The average molecular weight is 431 g/mol. The van der Waals surface area contributed by atoms with Crippen molar-refractivity contribution in [2.75, 3.05) is 32.9 Å². The first-order chi connectivity index (χ1) is 15.2. The highest BCUT2D eigenvalue weighted by molar-refractivity contribution is 5.67. The molecule has 2 aromatic rings. The fraction of sp³-hybridized carbons (Fsp3) is 0.458. The predicted molar refractivity (Wildman–Crippen MR) is 120 cm³/mol. The number of ether oxygens (including phenoxy) is 4. The monoisotopic (exact) mass is 430 g/mol. The van der Waals surface area contributed by atoms with E-state index in [1.165, 1.54) is 0 Å². The Morgan fingerprint density at radius 3 is 2.00 bits per heavy atom. The first-order valence-corrected chi connectivity index (χ1v) is 10.7. The van der Waals surface area contributed by atoms with Crippen molar-refractivity contribution in [3.05, 3.63) is 71.8 Å². The SMILES string of the molecule is CCOC(CNC[C@@H](COCc1ccccc1)NC(=O)OCc1ccccc1)OCC. The van der Waals surface area contributed by atoms with E-state index in [0.717, 1.165) is 11.1 Å². The molecule has 170 valence electrons. The number of hydrogen-bond acceptors (Lipinski definition) is 6. The van der Waals surface area contributed by atoms with Gasteiger partial charge in [0.2, 0.25) is 0 Å². The van der Waals surface area contributed by atoms with Gasteiger partial charge in [0.1, 0.15) is 6.61 Å². The summed E-state index contributed by atoms with van der Waals surface area (Å²) < 4.78 is 22.3. The Hall–Kier alpha value is -2.45. The van der Waals surface area contributed by atoms with Crippen molar-refractivity contribution < 1.29 is 23.7 Å². The van der Waals surface area contributed by atoms with Crippen LogP contribution in [0.1, 0.15) is 25.0 Å². The number of benzene rings is 2. The molecule has 0 aliphatic carbocycles. The largest absolute Gasteiger partial charge is 0.445 e. The van der Waals surface area contributed by atoms with Crippen LogP contribution in [0.4, 0.5) is 4.79 Å². The molecule has 2 rings (SSSR count). The first kappa shape index (κ1) is 24.8. The summed E-state index contributed by atoms with van der Waals surface area (Å²) in [4.78, 5) is 12.3. The summed E-state index contributed by atoms with van der Waals surface area (Å²) in [5.41, 5.74) is 2.01. The number of hydrogen-bond donors (Lipinski definition) is 2. The van der Waals surface area contributed by atoms with Gasteiger partial charge in [0.05, 0.1) is 19.3 Å². The maximum absolute atomic E-state index is 12.3. The molecule has 0 bridgehead atoms. The van der Waals surface area contributed by atoms with Gasteiger partial charge in [-0.2, -0.15) is 0 Å². The number of amides is 1. The smallest absolute Gasteiger partial charge is 0.407 e. The van der Waals surface area contributed by atoms with Crippen LogP contribution in [0.5, 0.6) is 0 Å². The van der Waals surface area contributed by atoms with Crippen molar-refractivity contribution in [3.8, 4) is 0 Å². The van der Waals surface area contributed by atoms with E-state index in [-0.39, 0.29) is 18.9 Å². The van der Waals surface area contributed by atoms with Gasteiger partial charge in [-0.1, -0.05) is 60.7 Å². The van der Waals surface area contributed by atoms with Crippen LogP contribution in [0, 0.1) is 0 Å². The lowest BCUT2D eigenvalue weighted by atomic mass is 10.2. The molecule has 2 aromatic carbocycles. The Labute approximate surface area is 185 Å². The van der Waals surface area contributed by atoms with Crippen molar-refractivity contribution in [1.82, 2.24) is 10.6 Å². The molecule has 0 fully saturated rings. The van der Waals surface area contributed by atoms with Crippen LogP contribution in [-0.4, -0.2) is 51.3 Å². The number of rotatable bonds is 15. The Morgan fingerprint density at radius 2 is 1.42 bits per heavy atom. The molecule has 0 unspecified atom stereocenters. The van der Waals surface area contributed by atoms with E-state index in [1.807, 2.05) is 74.5 Å². The molecule has 0 radical (unpaired) electrons. The van der Waals surface area contributed by atoms with E-state index in [1.54, 1.807) is 0 Å². The highest BCUT2D eigenvalue weighted by Crippen LogP contribution is 2.03. The molecule has 0 aromatic heterocycles. The van der Waals surface area contributed by atoms with Crippen LogP contribution < -0.4 is 10.6 Å². The first-order valence-electron chi connectivity index (χ1n) is 10.7. The Kier molecular flexibility index (Phi) is 12.3. The number of nitrogens with one attached hydrogen (secondary N) is 2. The second-order valence-corrected chi connectivity index (χ2v) is 6.90. The van der Waals surface area contributed by atoms with Gasteiger partial charge in [0.15, 0.2) is 6.29 Å². The quantitative estimate of drug-likeness (QED) is 0.421. The molecule has 0 aliphatic rings. The van der Waals surface area contributed by atoms with Crippen molar-refractivity contribution in [2.24, 2.45) is 0 Å². The molecule has 7 nitrogen and oxygen atoms in total. The fourth-order valence-electron chi connectivity index (χ4n) is 2.89. The van der Waals surface area contributed by atoms with E-state index in [9.17, 15) is 4.79 Å². The lowest BCUT2D eigenvalue weighted by Gasteiger charge is -2.22. The topological polar surface area (TPSA) is 78.0 Å². The highest BCUT2D eigenvalue weighted by Gasteiger charge is 2.15. The second kappa shape index (κ2) is 15.4. The van der Waals surface area contributed by atoms with Crippen LogP contribution >= 0.6 is 0 Å². The van der Waals surface area contributed by atoms with Gasteiger partial charge in [-0.15, -0.1) is 0 Å². The highest BCUT2D eigenvalue weighted by atomic mass is 16.7. The zero-order valence-corrected chi connectivity index (χ0v) is 18.4. The summed E-state index contributed by atoms with van der Waals surface area (Å²) in [6, 6.07) is 19.2. The third kappa shape index (κ3) is 10.9. The number of carbonyl (C=O) groups excluding carboxylic acids is 1. The van der Waals surface area contributed by atoms with Crippen molar-refractivity contribution >= 4 is 6.09 Å². The maximum Gasteiger partial charge on any atom is 0.407 e. The summed E-state index contributed by atoms with van der Waals surface area (Å²) >= 11 is 0. The maximum atomic E-state index is 12.3. The van der Waals surface area contributed by atoms with Crippen molar-refractivity contribution in [2.45, 2.75) is 39.4 Å². The van der Waals surface area contributed by atoms with E-state index in [4.69, 9.17) is 18.9 Å². The molecule has 0 saturated heterocycles. The molecule has 1 amide bonds. The molecule has 0 aliphatic heterocycles. The Bertz CT molecular complexity index is 708. The summed E-state index contributed by atoms with van der Waals surface area (Å²) in [5.74, 6) is 0. The standard InChI is InChI=1S/C24H34N2O5/c1-3-29-23(30-4-2)16-25-15-22(19-28-17-20-11-7-5-8-12-20)26-24(27)31-18-21-13-9-6-10-14-21/h5-14,22-23,25H,3-4,15-19H2,1-2H3,(H,26,27)/t22-/m0/s1. The van der Waals surface area contributed by atoms with E-state index in [2.05, 4.69) is 10.6 Å². The molecule has 0 spiro atoms. The van der Waals surface area contributed by atoms with Crippen LogP contribution in [0.15, 0.2) is 60.7 Å². The number of alkyl carbamates (subject to hydrolysis) is 1. The van der Waals surface area contributed by atoms with E-state index >= 15 is 0 Å². The molecular formula is C24H34N2O5. The molecule has 2 N–H and O–H groups in total. The summed E-state index contributed by atoms with van der Waals surface area (Å²) in [6.07, 6.45) is -0.809. The minimum absolute atomic E-state index is 0.217. The van der Waals surface area contributed by atoms with Crippen LogP contribution in [0.2, 0.25) is 0 Å². The lowest BCUT2D eigenvalue weighted by molar-refractivity contribution is -0.133. The molecule has 31 heavy (non-hydrogen) atoms. The average Bonchev–Trinajstić information content (AvgIpc) is 2.79. The van der Waals surface area contributed by atoms with E-state index in [0.29, 0.717) is 39.5 Å². The predicted octanol–water partition coefficient (Wildman–Crippen LogP) is 3.49. The Balaban J connectivity index is 1.82. The molecule has 0 saturated carbocycles. The lowest BCUT2D eigenvalue weighted by Crippen LogP contribution is -2.47. The molecular weight excluding hydrogens is 396 g/mol. The normalized spacial score (nSPS) is 12.0. The minimum Gasteiger partial charge on any atom is -0.445 e. The van der Waals surface area contributed by atoms with Gasteiger partial charge >= 0.3 is 6.09 Å².